The van der Waals surface area contributed by atoms with Gasteiger partial charge in [0.1, 0.15) is 11.6 Å². The highest BCUT2D eigenvalue weighted by atomic mass is 32.2. The highest BCUT2D eigenvalue weighted by molar-refractivity contribution is 7.99. The molecule has 9 nitrogen and oxygen atoms in total. The van der Waals surface area contributed by atoms with Gasteiger partial charge < -0.3 is 9.84 Å². The zero-order valence-electron chi connectivity index (χ0n) is 17.2. The normalized spacial score (nSPS) is 11.2. The zero-order valence-corrected chi connectivity index (χ0v) is 18.0. The first kappa shape index (κ1) is 20.8. The number of fused-ring (bicyclic) bond motifs is 3. The Balaban J connectivity index is 1.58. The number of nitrogens with one attached hydrogen (secondary N) is 1. The molecule has 33 heavy (non-hydrogen) atoms. The van der Waals surface area contributed by atoms with E-state index < -0.39 is 11.4 Å². The molecule has 2 aromatic carbocycles. The first-order valence-electron chi connectivity index (χ1n) is 9.80. The van der Waals surface area contributed by atoms with Gasteiger partial charge in [-0.2, -0.15) is 14.6 Å². The maximum Gasteiger partial charge on any atom is 0.300 e. The molecule has 0 aliphatic rings. The molecule has 0 aliphatic heterocycles. The van der Waals surface area contributed by atoms with Crippen LogP contribution in [0.3, 0.4) is 0 Å². The molecule has 0 fully saturated rings. The Morgan fingerprint density at radius 3 is 2.73 bits per heavy atom. The van der Waals surface area contributed by atoms with Gasteiger partial charge in [-0.1, -0.05) is 47.3 Å². The summed E-state index contributed by atoms with van der Waals surface area (Å²) >= 11 is 1.07. The molecule has 0 atom stereocenters. The molecule has 0 unspecified atom stereocenters. The van der Waals surface area contributed by atoms with Crippen LogP contribution >= 0.6 is 11.8 Å². The minimum atomic E-state index is -0.520. The molecule has 11 heteroatoms. The topological polar surface area (TPSA) is 115 Å². The largest absolute Gasteiger partial charge is 0.360 e. The number of thioether (sulfide) groups is 1. The van der Waals surface area contributed by atoms with E-state index in [0.29, 0.717) is 28.0 Å². The van der Waals surface area contributed by atoms with Crippen LogP contribution in [0.2, 0.25) is 0 Å². The number of aromatic nitrogens is 5. The Labute approximate surface area is 189 Å². The van der Waals surface area contributed by atoms with Crippen LogP contribution in [0.5, 0.6) is 0 Å². The van der Waals surface area contributed by atoms with Crippen molar-refractivity contribution in [2.45, 2.75) is 12.1 Å². The fraction of sp³-hybridized carbons (Fsp3) is 0.0909. The smallest absolute Gasteiger partial charge is 0.300 e. The molecule has 0 saturated carbocycles. The average molecular weight is 462 g/mol. The van der Waals surface area contributed by atoms with Crippen molar-refractivity contribution in [1.82, 2.24) is 24.7 Å². The van der Waals surface area contributed by atoms with Gasteiger partial charge in [-0.25, -0.2) is 9.37 Å². The number of halogens is 1. The van der Waals surface area contributed by atoms with Crippen LogP contribution in [0, 0.1) is 12.7 Å². The number of amides is 1. The second-order valence-corrected chi connectivity index (χ2v) is 8.02. The molecular weight excluding hydrogens is 447 g/mol. The first-order valence-corrected chi connectivity index (χ1v) is 10.8. The van der Waals surface area contributed by atoms with Crippen molar-refractivity contribution in [2.75, 3.05) is 11.1 Å². The first-order chi connectivity index (χ1) is 16.0. The Kier molecular flexibility index (Phi) is 5.31. The Hall–Kier alpha value is -4.12. The van der Waals surface area contributed by atoms with Crippen LogP contribution < -0.4 is 10.9 Å². The summed E-state index contributed by atoms with van der Waals surface area (Å²) < 4.78 is 20.2. The second kappa shape index (κ2) is 8.43. The molecule has 5 aromatic rings. The maximum absolute atomic E-state index is 13.9. The number of benzene rings is 2. The summed E-state index contributed by atoms with van der Waals surface area (Å²) in [6, 6.07) is 14.5. The lowest BCUT2D eigenvalue weighted by molar-refractivity contribution is -0.113. The van der Waals surface area contributed by atoms with Gasteiger partial charge in [0.25, 0.3) is 5.56 Å². The van der Waals surface area contributed by atoms with Crippen molar-refractivity contribution in [3.05, 3.63) is 76.5 Å². The monoisotopic (exact) mass is 462 g/mol. The molecule has 0 bridgehead atoms. The zero-order chi connectivity index (χ0) is 22.9. The molecule has 5 rings (SSSR count). The predicted octanol–water partition coefficient (Wildman–Crippen LogP) is 3.47. The minimum Gasteiger partial charge on any atom is -0.360 e. The van der Waals surface area contributed by atoms with Crippen LogP contribution in [0.25, 0.3) is 27.8 Å². The number of carbonyl (C=O) groups excluding carboxylic acids is 1. The van der Waals surface area contributed by atoms with Gasteiger partial charge in [0.2, 0.25) is 5.91 Å². The summed E-state index contributed by atoms with van der Waals surface area (Å²) in [6.45, 7) is 1.71. The predicted molar refractivity (Wildman–Crippen MR) is 121 cm³/mol. The van der Waals surface area contributed by atoms with E-state index in [1.165, 1.54) is 22.7 Å². The summed E-state index contributed by atoms with van der Waals surface area (Å²) in [6.07, 6.45) is 0. The summed E-state index contributed by atoms with van der Waals surface area (Å²) in [5.74, 6) is -0.00441. The van der Waals surface area contributed by atoms with Crippen LogP contribution in [-0.4, -0.2) is 36.4 Å². The van der Waals surface area contributed by atoms with Gasteiger partial charge in [-0.05, 0) is 19.1 Å². The van der Waals surface area contributed by atoms with Gasteiger partial charge in [0, 0.05) is 23.1 Å². The molecular formula is C22H15FN6O3S. The third kappa shape index (κ3) is 4.17. The molecule has 164 valence electrons. The third-order valence-electron chi connectivity index (χ3n) is 4.68. The van der Waals surface area contributed by atoms with E-state index >= 15 is 0 Å². The summed E-state index contributed by atoms with van der Waals surface area (Å²) in [7, 11) is 0. The van der Waals surface area contributed by atoms with Crippen molar-refractivity contribution in [2.24, 2.45) is 0 Å². The average Bonchev–Trinajstić information content (AvgIpc) is 3.21. The van der Waals surface area contributed by atoms with Gasteiger partial charge in [0.15, 0.2) is 22.3 Å². The fourth-order valence-electron chi connectivity index (χ4n) is 3.24. The highest BCUT2D eigenvalue weighted by Crippen LogP contribution is 2.25. The lowest BCUT2D eigenvalue weighted by Gasteiger charge is -2.11. The van der Waals surface area contributed by atoms with E-state index in [-0.39, 0.29) is 28.2 Å². The van der Waals surface area contributed by atoms with Gasteiger partial charge in [0.05, 0.1) is 11.3 Å². The van der Waals surface area contributed by atoms with Gasteiger partial charge in [-0.3, -0.25) is 9.59 Å². The summed E-state index contributed by atoms with van der Waals surface area (Å²) in [5.41, 5.74) is 0.735. The van der Waals surface area contributed by atoms with E-state index in [2.05, 4.69) is 25.5 Å². The lowest BCUT2D eigenvalue weighted by atomic mass is 10.2. The van der Waals surface area contributed by atoms with E-state index in [9.17, 15) is 14.0 Å². The Morgan fingerprint density at radius 1 is 1.15 bits per heavy atom. The van der Waals surface area contributed by atoms with E-state index in [4.69, 9.17) is 4.52 Å². The third-order valence-corrected chi connectivity index (χ3v) is 5.61. The number of rotatable bonds is 5. The number of carbonyl (C=O) groups is 1. The van der Waals surface area contributed by atoms with Crippen LogP contribution in [-0.2, 0) is 4.79 Å². The van der Waals surface area contributed by atoms with E-state index in [1.54, 1.807) is 37.3 Å². The highest BCUT2D eigenvalue weighted by Gasteiger charge is 2.17. The van der Waals surface area contributed by atoms with Crippen LogP contribution in [0.15, 0.2) is 69.1 Å². The summed E-state index contributed by atoms with van der Waals surface area (Å²) in [4.78, 5) is 33.8. The molecule has 3 heterocycles. The number of hydrogen-bond donors (Lipinski definition) is 1. The molecule has 1 N–H and O–H groups in total. The molecule has 3 aromatic heterocycles. The molecule has 0 spiro atoms. The van der Waals surface area contributed by atoms with E-state index in [1.807, 2.05) is 6.07 Å². The van der Waals surface area contributed by atoms with Crippen molar-refractivity contribution in [3.63, 3.8) is 0 Å². The van der Waals surface area contributed by atoms with Crippen molar-refractivity contribution in [1.29, 1.82) is 0 Å². The quantitative estimate of drug-likeness (QED) is 0.240. The van der Waals surface area contributed by atoms with Crippen molar-refractivity contribution < 1.29 is 13.7 Å². The minimum absolute atomic E-state index is 0.0384. The number of nitrogens with zero attached hydrogens (tertiary/aromatic N) is 5. The number of anilines is 1. The fourth-order valence-corrected chi connectivity index (χ4v) is 3.98. The van der Waals surface area contributed by atoms with Crippen LogP contribution in [0.1, 0.15) is 5.76 Å². The Morgan fingerprint density at radius 2 is 1.97 bits per heavy atom. The van der Waals surface area contributed by atoms with Crippen molar-refractivity contribution in [3.8, 4) is 11.3 Å². The van der Waals surface area contributed by atoms with Crippen LogP contribution in [0.4, 0.5) is 10.2 Å². The molecule has 0 saturated heterocycles. The summed E-state index contributed by atoms with van der Waals surface area (Å²) in [5, 5.41) is 11.6. The number of hydrogen-bond acceptors (Lipinski definition) is 8. The standard InChI is InChI=1S/C22H15FN6O3S/c1-12-9-17(28-32-12)25-18(30)11-33-22-24-16-10-14(23)7-8-15(16)20-26-21(31)19(27-29(20)22)13-5-3-2-4-6-13/h2-10H,11H2,1H3,(H,25,28,30). The lowest BCUT2D eigenvalue weighted by Crippen LogP contribution is -2.19. The molecule has 0 radical (unpaired) electrons. The van der Waals surface area contributed by atoms with Gasteiger partial charge >= 0.3 is 0 Å². The Bertz CT molecular complexity index is 1570. The SMILES string of the molecule is Cc1cc(NC(=O)CSc2nc3cc(F)ccc3c3nc(=O)c(-c4ccccc4)nn23)no1. The van der Waals surface area contributed by atoms with Gasteiger partial charge in [-0.15, -0.1) is 0 Å². The molecule has 1 amide bonds. The van der Waals surface area contributed by atoms with E-state index in [0.717, 1.165) is 11.8 Å². The second-order valence-electron chi connectivity index (χ2n) is 7.08. The molecule has 0 aliphatic carbocycles. The van der Waals surface area contributed by atoms with Crippen molar-refractivity contribution >= 4 is 40.0 Å². The number of aryl methyl sites for hydroxylation is 1. The maximum atomic E-state index is 13.9.